The third kappa shape index (κ3) is 7.90. The van der Waals surface area contributed by atoms with Crippen LogP contribution in [0.25, 0.3) is 5.57 Å². The molecule has 0 aliphatic carbocycles. The van der Waals surface area contributed by atoms with E-state index in [-0.39, 0.29) is 5.84 Å². The fraction of sp³-hybridized carbons (Fsp3) is 0.500. The monoisotopic (exact) mass is 417 g/mol. The Labute approximate surface area is 177 Å². The Kier molecular flexibility index (Phi) is 10.5. The van der Waals surface area contributed by atoms with Crippen molar-refractivity contribution in [3.8, 4) is 0 Å². The summed E-state index contributed by atoms with van der Waals surface area (Å²) in [5.41, 5.74) is 5.12. The van der Waals surface area contributed by atoms with E-state index in [0.29, 0.717) is 57.2 Å². The van der Waals surface area contributed by atoms with Gasteiger partial charge in [-0.1, -0.05) is 6.92 Å². The van der Waals surface area contributed by atoms with Crippen LogP contribution in [0, 0.1) is 0 Å². The van der Waals surface area contributed by atoms with Gasteiger partial charge in [0.15, 0.2) is 17.9 Å². The average molecular weight is 418 g/mol. The molecule has 10 heteroatoms. The molecule has 0 bridgehead atoms. The van der Waals surface area contributed by atoms with Gasteiger partial charge in [0, 0.05) is 31.5 Å². The van der Waals surface area contributed by atoms with Crippen molar-refractivity contribution in [3.05, 3.63) is 24.0 Å². The van der Waals surface area contributed by atoms with Crippen LogP contribution in [0.4, 0.5) is 11.5 Å². The number of hydroxylamine groups is 1. The number of ether oxygens (including phenoxy) is 1. The lowest BCUT2D eigenvalue weighted by Gasteiger charge is -2.16. The van der Waals surface area contributed by atoms with Crippen LogP contribution in [0.2, 0.25) is 0 Å². The maximum Gasteiger partial charge on any atom is 0.185 e. The van der Waals surface area contributed by atoms with Crippen molar-refractivity contribution in [2.24, 2.45) is 9.98 Å². The molecule has 0 amide bonds. The first-order valence-corrected chi connectivity index (χ1v) is 10.00. The van der Waals surface area contributed by atoms with Crippen LogP contribution >= 0.6 is 0 Å². The molecule has 2 rings (SSSR count). The lowest BCUT2D eigenvalue weighted by molar-refractivity contribution is -0.102. The van der Waals surface area contributed by atoms with Gasteiger partial charge in [0.2, 0.25) is 0 Å². The highest BCUT2D eigenvalue weighted by molar-refractivity contribution is 6.33. The summed E-state index contributed by atoms with van der Waals surface area (Å²) in [6.45, 7) is 7.30. The molecule has 0 aromatic carbocycles. The summed E-state index contributed by atoms with van der Waals surface area (Å²) in [6.07, 6.45) is 3.56. The number of aldehydes is 1. The molecule has 164 valence electrons. The summed E-state index contributed by atoms with van der Waals surface area (Å²) in [6, 6.07) is 3.76. The van der Waals surface area contributed by atoms with Crippen molar-refractivity contribution >= 4 is 35.0 Å². The van der Waals surface area contributed by atoms with Crippen LogP contribution in [0.1, 0.15) is 26.0 Å². The number of carbonyl (C=O) groups excluding carboxylic acids is 1. The first-order valence-electron chi connectivity index (χ1n) is 10.00. The van der Waals surface area contributed by atoms with Crippen LogP contribution < -0.4 is 21.4 Å². The fourth-order valence-electron chi connectivity index (χ4n) is 2.57. The summed E-state index contributed by atoms with van der Waals surface area (Å²) in [4.78, 5) is 29.6. The zero-order chi connectivity index (χ0) is 21.6. The molecule has 10 nitrogen and oxygen atoms in total. The first-order chi connectivity index (χ1) is 14.7. The van der Waals surface area contributed by atoms with Gasteiger partial charge in [-0.05, 0) is 25.5 Å². The van der Waals surface area contributed by atoms with Crippen LogP contribution in [0.3, 0.4) is 0 Å². The molecule has 1 aliphatic rings. The quantitative estimate of drug-likeness (QED) is 0.125. The summed E-state index contributed by atoms with van der Waals surface area (Å²) in [7, 11) is 1.53. The summed E-state index contributed by atoms with van der Waals surface area (Å²) in [5.74, 6) is 1.70. The molecule has 0 radical (unpaired) electrons. The molecular formula is C20H31N7O3. The minimum Gasteiger partial charge on any atom is -0.380 e. The Morgan fingerprint density at radius 1 is 1.33 bits per heavy atom. The normalized spacial score (nSPS) is 13.9. The Hall–Kier alpha value is -2.82. The van der Waals surface area contributed by atoms with Crippen LogP contribution in [-0.4, -0.2) is 69.4 Å². The molecule has 0 saturated heterocycles. The van der Waals surface area contributed by atoms with Crippen molar-refractivity contribution in [1.82, 2.24) is 15.8 Å². The van der Waals surface area contributed by atoms with Gasteiger partial charge in [-0.15, -0.1) is 0 Å². The average Bonchev–Trinajstić information content (AvgIpc) is 2.77. The number of anilines is 2. The molecule has 1 aliphatic heterocycles. The van der Waals surface area contributed by atoms with E-state index >= 15 is 0 Å². The van der Waals surface area contributed by atoms with Crippen LogP contribution in [-0.2, 0) is 14.4 Å². The topological polar surface area (TPSA) is 121 Å². The highest BCUT2D eigenvalue weighted by atomic mass is 16.6. The Morgan fingerprint density at radius 2 is 2.20 bits per heavy atom. The molecule has 0 fully saturated rings. The molecule has 4 N–H and O–H groups in total. The maximum atomic E-state index is 11.4. The summed E-state index contributed by atoms with van der Waals surface area (Å²) < 4.78 is 5.53. The predicted molar refractivity (Wildman–Crippen MR) is 120 cm³/mol. The van der Waals surface area contributed by atoms with Gasteiger partial charge in [-0.2, -0.15) is 0 Å². The van der Waals surface area contributed by atoms with E-state index in [2.05, 4.69) is 38.3 Å². The van der Waals surface area contributed by atoms with E-state index < -0.39 is 0 Å². The van der Waals surface area contributed by atoms with E-state index in [1.807, 2.05) is 25.3 Å². The van der Waals surface area contributed by atoms with Gasteiger partial charge >= 0.3 is 0 Å². The third-order valence-corrected chi connectivity index (χ3v) is 4.07. The van der Waals surface area contributed by atoms with E-state index in [4.69, 9.17) is 14.6 Å². The number of amidine groups is 2. The number of nitrogens with zero attached hydrogens (tertiary/aromatic N) is 3. The Bertz CT molecular complexity index is 778. The van der Waals surface area contributed by atoms with E-state index in [0.717, 1.165) is 23.5 Å². The van der Waals surface area contributed by atoms with Crippen LogP contribution in [0.5, 0.6) is 0 Å². The minimum atomic E-state index is 0.214. The number of aliphatic imine (C=N–C) groups is 2. The number of pyridine rings is 1. The highest BCUT2D eigenvalue weighted by Gasteiger charge is 2.12. The van der Waals surface area contributed by atoms with Crippen molar-refractivity contribution in [2.75, 3.05) is 57.1 Å². The number of rotatable bonds is 13. The molecule has 30 heavy (non-hydrogen) atoms. The standard InChI is InChI=1S/C20H31N7O3/c1-4-10-30-11-9-22-20-18(26-19(14-28)21-7-8-25-29-3)6-5-17(27-20)16-12-23-15(2)24-13-16/h5-6,12,14,25H,4,7-11,13H2,1-3H3,(H,21,26)(H,22,27)(H,23,24). The second-order valence-electron chi connectivity index (χ2n) is 6.46. The van der Waals surface area contributed by atoms with Gasteiger partial charge < -0.3 is 25.5 Å². The Morgan fingerprint density at radius 3 is 2.90 bits per heavy atom. The molecule has 2 heterocycles. The number of carbonyl (C=O) groups is 1. The van der Waals surface area contributed by atoms with Gasteiger partial charge in [0.05, 0.1) is 44.0 Å². The van der Waals surface area contributed by atoms with Crippen molar-refractivity contribution in [3.63, 3.8) is 0 Å². The third-order valence-electron chi connectivity index (χ3n) is 4.07. The first kappa shape index (κ1) is 23.5. The Balaban J connectivity index is 2.14. The maximum absolute atomic E-state index is 11.4. The van der Waals surface area contributed by atoms with Crippen LogP contribution in [0.15, 0.2) is 28.3 Å². The zero-order valence-corrected chi connectivity index (χ0v) is 17.8. The minimum absolute atomic E-state index is 0.214. The van der Waals surface area contributed by atoms with Crippen molar-refractivity contribution < 1.29 is 14.4 Å². The van der Waals surface area contributed by atoms with Crippen molar-refractivity contribution in [1.29, 1.82) is 0 Å². The van der Waals surface area contributed by atoms with E-state index in [1.165, 1.54) is 7.11 Å². The van der Waals surface area contributed by atoms with Gasteiger partial charge in [0.1, 0.15) is 0 Å². The molecule has 1 aromatic heterocycles. The largest absolute Gasteiger partial charge is 0.380 e. The summed E-state index contributed by atoms with van der Waals surface area (Å²) >= 11 is 0. The lowest BCUT2D eigenvalue weighted by Crippen LogP contribution is -2.21. The van der Waals surface area contributed by atoms with Gasteiger partial charge in [0.25, 0.3) is 0 Å². The van der Waals surface area contributed by atoms with Crippen molar-refractivity contribution in [2.45, 2.75) is 20.3 Å². The number of nitrogens with one attached hydrogen (secondary N) is 4. The van der Waals surface area contributed by atoms with Gasteiger partial charge in [-0.25, -0.2) is 10.5 Å². The number of aromatic nitrogens is 1. The molecule has 0 saturated carbocycles. The molecule has 0 spiro atoms. The molecule has 0 unspecified atom stereocenters. The highest BCUT2D eigenvalue weighted by Crippen LogP contribution is 2.24. The number of hydrogen-bond acceptors (Lipinski definition) is 9. The van der Waals surface area contributed by atoms with E-state index in [9.17, 15) is 4.79 Å². The fourth-order valence-corrected chi connectivity index (χ4v) is 2.57. The van der Waals surface area contributed by atoms with E-state index in [1.54, 1.807) is 0 Å². The zero-order valence-electron chi connectivity index (χ0n) is 17.8. The second-order valence-corrected chi connectivity index (χ2v) is 6.46. The second kappa shape index (κ2) is 13.4. The molecule has 0 atom stereocenters. The molecule has 1 aromatic rings. The smallest absolute Gasteiger partial charge is 0.185 e. The number of hydrogen-bond donors (Lipinski definition) is 4. The predicted octanol–water partition coefficient (Wildman–Crippen LogP) is 1.44. The SMILES string of the molecule is CCCOCCNc1nc(C2=CNC(C)=NC2)ccc1NC(C=O)=NCCNOC. The van der Waals surface area contributed by atoms with Gasteiger partial charge in [-0.3, -0.25) is 14.8 Å². The molecular weight excluding hydrogens is 386 g/mol. The lowest BCUT2D eigenvalue weighted by atomic mass is 10.1. The summed E-state index contributed by atoms with van der Waals surface area (Å²) in [5, 5.41) is 9.45.